The highest BCUT2D eigenvalue weighted by atomic mass is 16.5. The Balaban J connectivity index is 1.94. The molecule has 1 saturated carbocycles. The minimum absolute atomic E-state index is 0.165. The Hall–Kier alpha value is -1.30. The standard InChI is InChI=1S/C15H26N2O4/c1-4-5-17(12-9-21-8-11(12)13(18)19)14(20)16-7-10-6-15(10,2)3/h10-12H,4-9H2,1-3H3,(H,16,20)(H,18,19). The van der Waals surface area contributed by atoms with Gasteiger partial charge in [0, 0.05) is 13.1 Å². The van der Waals surface area contributed by atoms with E-state index >= 15 is 0 Å². The van der Waals surface area contributed by atoms with E-state index in [-0.39, 0.29) is 18.7 Å². The molecule has 3 unspecified atom stereocenters. The molecule has 21 heavy (non-hydrogen) atoms. The molecule has 0 aromatic heterocycles. The van der Waals surface area contributed by atoms with Crippen molar-refractivity contribution in [3.8, 4) is 0 Å². The molecule has 2 aliphatic rings. The second-order valence-electron chi connectivity index (χ2n) is 6.82. The van der Waals surface area contributed by atoms with E-state index in [4.69, 9.17) is 4.74 Å². The lowest BCUT2D eigenvalue weighted by atomic mass is 10.0. The van der Waals surface area contributed by atoms with E-state index in [1.165, 1.54) is 0 Å². The quantitative estimate of drug-likeness (QED) is 0.780. The highest BCUT2D eigenvalue weighted by molar-refractivity contribution is 5.77. The molecule has 0 bridgehead atoms. The van der Waals surface area contributed by atoms with Crippen molar-refractivity contribution >= 4 is 12.0 Å². The lowest BCUT2D eigenvalue weighted by Gasteiger charge is -2.30. The Morgan fingerprint density at radius 2 is 2.05 bits per heavy atom. The van der Waals surface area contributed by atoms with Gasteiger partial charge in [-0.2, -0.15) is 0 Å². The molecule has 6 nitrogen and oxygen atoms in total. The third-order valence-electron chi connectivity index (χ3n) is 4.71. The van der Waals surface area contributed by atoms with Crippen molar-refractivity contribution in [3.05, 3.63) is 0 Å². The summed E-state index contributed by atoms with van der Waals surface area (Å²) >= 11 is 0. The van der Waals surface area contributed by atoms with Crippen LogP contribution in [0.5, 0.6) is 0 Å². The zero-order valence-corrected chi connectivity index (χ0v) is 13.1. The summed E-state index contributed by atoms with van der Waals surface area (Å²) in [7, 11) is 0. The van der Waals surface area contributed by atoms with E-state index in [1.807, 2.05) is 6.92 Å². The van der Waals surface area contributed by atoms with Gasteiger partial charge in [-0.15, -0.1) is 0 Å². The maximum absolute atomic E-state index is 12.4. The van der Waals surface area contributed by atoms with Gasteiger partial charge >= 0.3 is 12.0 Å². The van der Waals surface area contributed by atoms with Crippen molar-refractivity contribution in [3.63, 3.8) is 0 Å². The number of aliphatic carboxylic acids is 1. The van der Waals surface area contributed by atoms with Gasteiger partial charge < -0.3 is 20.1 Å². The maximum Gasteiger partial charge on any atom is 0.317 e. The van der Waals surface area contributed by atoms with E-state index in [2.05, 4.69) is 19.2 Å². The summed E-state index contributed by atoms with van der Waals surface area (Å²) in [6.07, 6.45) is 1.93. The lowest BCUT2D eigenvalue weighted by Crippen LogP contribution is -2.51. The number of hydrogen-bond acceptors (Lipinski definition) is 3. The number of amides is 2. The fraction of sp³-hybridized carbons (Fsp3) is 0.867. The first kappa shape index (κ1) is 16.1. The highest BCUT2D eigenvalue weighted by Gasteiger charge is 2.46. The average molecular weight is 298 g/mol. The van der Waals surface area contributed by atoms with Gasteiger partial charge in [0.2, 0.25) is 0 Å². The number of rotatable bonds is 6. The molecule has 1 saturated heterocycles. The molecule has 0 aromatic rings. The number of carbonyl (C=O) groups excluding carboxylic acids is 1. The Morgan fingerprint density at radius 3 is 2.57 bits per heavy atom. The summed E-state index contributed by atoms with van der Waals surface area (Å²) in [5.74, 6) is -0.991. The number of carboxylic acids is 1. The van der Waals surface area contributed by atoms with Crippen molar-refractivity contribution in [1.29, 1.82) is 0 Å². The molecule has 120 valence electrons. The fourth-order valence-corrected chi connectivity index (χ4v) is 2.98. The molecule has 2 rings (SSSR count). The lowest BCUT2D eigenvalue weighted by molar-refractivity contribution is -0.142. The van der Waals surface area contributed by atoms with Gasteiger partial charge in [0.15, 0.2) is 0 Å². The third-order valence-corrected chi connectivity index (χ3v) is 4.71. The van der Waals surface area contributed by atoms with E-state index in [1.54, 1.807) is 4.90 Å². The van der Waals surface area contributed by atoms with E-state index in [0.29, 0.717) is 31.0 Å². The van der Waals surface area contributed by atoms with Gasteiger partial charge in [-0.3, -0.25) is 4.79 Å². The Bertz CT molecular complexity index is 410. The summed E-state index contributed by atoms with van der Waals surface area (Å²) in [6, 6.07) is -0.532. The fourth-order valence-electron chi connectivity index (χ4n) is 2.98. The Kier molecular flexibility index (Phi) is 4.76. The van der Waals surface area contributed by atoms with Crippen molar-refractivity contribution in [2.24, 2.45) is 17.3 Å². The van der Waals surface area contributed by atoms with Crippen LogP contribution in [0.25, 0.3) is 0 Å². The van der Waals surface area contributed by atoms with Crippen molar-refractivity contribution in [2.75, 3.05) is 26.3 Å². The second-order valence-corrected chi connectivity index (χ2v) is 6.82. The largest absolute Gasteiger partial charge is 0.481 e. The maximum atomic E-state index is 12.4. The van der Waals surface area contributed by atoms with Crippen LogP contribution in [0.4, 0.5) is 4.79 Å². The van der Waals surface area contributed by atoms with Crippen LogP contribution in [0.3, 0.4) is 0 Å². The minimum atomic E-state index is -0.894. The molecule has 3 atom stereocenters. The van der Waals surface area contributed by atoms with E-state index in [0.717, 1.165) is 12.8 Å². The molecule has 2 fully saturated rings. The molecule has 1 aliphatic carbocycles. The summed E-state index contributed by atoms with van der Waals surface area (Å²) in [5, 5.41) is 12.2. The normalized spacial score (nSPS) is 30.0. The Morgan fingerprint density at radius 1 is 1.38 bits per heavy atom. The summed E-state index contributed by atoms with van der Waals surface area (Å²) in [5.41, 5.74) is 0.322. The molecule has 0 aromatic carbocycles. The summed E-state index contributed by atoms with van der Waals surface area (Å²) in [4.78, 5) is 25.3. The predicted octanol–water partition coefficient (Wildman–Crippen LogP) is 1.55. The summed E-state index contributed by atoms with van der Waals surface area (Å²) in [6.45, 7) is 8.07. The molecular formula is C15H26N2O4. The minimum Gasteiger partial charge on any atom is -0.481 e. The van der Waals surface area contributed by atoms with E-state index < -0.39 is 11.9 Å². The van der Waals surface area contributed by atoms with Crippen LogP contribution in [-0.4, -0.2) is 54.4 Å². The molecule has 0 spiro atoms. The van der Waals surface area contributed by atoms with E-state index in [9.17, 15) is 14.7 Å². The monoisotopic (exact) mass is 298 g/mol. The first-order valence-corrected chi connectivity index (χ1v) is 7.72. The van der Waals surface area contributed by atoms with Gasteiger partial charge in [-0.25, -0.2) is 4.79 Å². The first-order chi connectivity index (χ1) is 9.86. The molecule has 0 radical (unpaired) electrons. The van der Waals surface area contributed by atoms with Gasteiger partial charge in [-0.1, -0.05) is 20.8 Å². The van der Waals surface area contributed by atoms with Gasteiger partial charge in [0.25, 0.3) is 0 Å². The predicted molar refractivity (Wildman–Crippen MR) is 78.0 cm³/mol. The zero-order chi connectivity index (χ0) is 15.6. The molecule has 6 heteroatoms. The number of carbonyl (C=O) groups is 2. The smallest absolute Gasteiger partial charge is 0.317 e. The van der Waals surface area contributed by atoms with Gasteiger partial charge in [0.1, 0.15) is 5.92 Å². The van der Waals surface area contributed by atoms with Gasteiger partial charge in [0.05, 0.1) is 19.3 Å². The van der Waals surface area contributed by atoms with Crippen LogP contribution in [0.2, 0.25) is 0 Å². The molecule has 2 amide bonds. The number of nitrogens with zero attached hydrogens (tertiary/aromatic N) is 1. The van der Waals surface area contributed by atoms with Crippen LogP contribution in [0.1, 0.15) is 33.6 Å². The molecule has 1 heterocycles. The van der Waals surface area contributed by atoms with Gasteiger partial charge in [-0.05, 0) is 24.2 Å². The van der Waals surface area contributed by atoms with Crippen LogP contribution in [-0.2, 0) is 9.53 Å². The first-order valence-electron chi connectivity index (χ1n) is 7.72. The summed E-state index contributed by atoms with van der Waals surface area (Å²) < 4.78 is 5.28. The molecular weight excluding hydrogens is 272 g/mol. The number of carboxylic acid groups (broad SMARTS) is 1. The Labute approximate surface area is 125 Å². The topological polar surface area (TPSA) is 78.9 Å². The average Bonchev–Trinajstić information content (AvgIpc) is 2.84. The van der Waals surface area contributed by atoms with Crippen molar-refractivity contribution < 1.29 is 19.4 Å². The molecule has 2 N–H and O–H groups in total. The van der Waals surface area contributed by atoms with Crippen LogP contribution < -0.4 is 5.32 Å². The number of nitrogens with one attached hydrogen (secondary N) is 1. The number of urea groups is 1. The zero-order valence-electron chi connectivity index (χ0n) is 13.1. The van der Waals surface area contributed by atoms with Crippen LogP contribution >= 0.6 is 0 Å². The number of hydrogen-bond donors (Lipinski definition) is 2. The van der Waals surface area contributed by atoms with Crippen molar-refractivity contribution in [1.82, 2.24) is 10.2 Å². The number of ether oxygens (including phenoxy) is 1. The third kappa shape index (κ3) is 3.67. The van der Waals surface area contributed by atoms with Crippen molar-refractivity contribution in [2.45, 2.75) is 39.7 Å². The SMILES string of the molecule is CCCN(C(=O)NCC1CC1(C)C)C1COCC1C(=O)O. The van der Waals surface area contributed by atoms with Crippen LogP contribution in [0, 0.1) is 17.3 Å². The molecule has 1 aliphatic heterocycles. The van der Waals surface area contributed by atoms with Crippen LogP contribution in [0.15, 0.2) is 0 Å². The second kappa shape index (κ2) is 6.22. The highest BCUT2D eigenvalue weighted by Crippen LogP contribution is 2.50.